The standard InChI is InChI=1S/C13H24N2O3/c1-4-5-10(3)14-11(16)8-15-7-6-9(2)12(15)13(17)18/h9-10,12H,4-8H2,1-3H3,(H,14,16)(H,17,18). The fourth-order valence-corrected chi connectivity index (χ4v) is 2.61. The minimum Gasteiger partial charge on any atom is -0.480 e. The van der Waals surface area contributed by atoms with E-state index in [-0.39, 0.29) is 24.4 Å². The van der Waals surface area contributed by atoms with Gasteiger partial charge in [-0.1, -0.05) is 20.3 Å². The molecule has 0 bridgehead atoms. The second-order valence-corrected chi connectivity index (χ2v) is 5.28. The van der Waals surface area contributed by atoms with E-state index in [1.54, 1.807) is 4.90 Å². The highest BCUT2D eigenvalue weighted by molar-refractivity contribution is 5.80. The van der Waals surface area contributed by atoms with E-state index in [1.807, 2.05) is 13.8 Å². The minimum absolute atomic E-state index is 0.0729. The number of nitrogens with zero attached hydrogens (tertiary/aromatic N) is 1. The van der Waals surface area contributed by atoms with Crippen LogP contribution in [0.25, 0.3) is 0 Å². The summed E-state index contributed by atoms with van der Waals surface area (Å²) >= 11 is 0. The molecule has 0 aromatic heterocycles. The van der Waals surface area contributed by atoms with Crippen molar-refractivity contribution >= 4 is 11.9 Å². The zero-order valence-corrected chi connectivity index (χ0v) is 11.5. The van der Waals surface area contributed by atoms with Gasteiger partial charge in [-0.3, -0.25) is 14.5 Å². The van der Waals surface area contributed by atoms with Crippen LogP contribution in [0.2, 0.25) is 0 Å². The predicted octanol–water partition coefficient (Wildman–Crippen LogP) is 1.09. The molecule has 0 aromatic carbocycles. The smallest absolute Gasteiger partial charge is 0.321 e. The number of carbonyl (C=O) groups excluding carboxylic acids is 1. The highest BCUT2D eigenvalue weighted by Crippen LogP contribution is 2.23. The third kappa shape index (κ3) is 3.98. The SMILES string of the molecule is CCCC(C)NC(=O)CN1CCC(C)C1C(=O)O. The van der Waals surface area contributed by atoms with Gasteiger partial charge in [0.25, 0.3) is 0 Å². The van der Waals surface area contributed by atoms with Crippen LogP contribution in [0.4, 0.5) is 0 Å². The van der Waals surface area contributed by atoms with Crippen molar-refractivity contribution in [2.24, 2.45) is 5.92 Å². The van der Waals surface area contributed by atoms with Crippen molar-refractivity contribution in [2.45, 2.75) is 52.1 Å². The van der Waals surface area contributed by atoms with Gasteiger partial charge in [-0.05, 0) is 32.2 Å². The molecule has 1 rings (SSSR count). The molecule has 1 fully saturated rings. The summed E-state index contributed by atoms with van der Waals surface area (Å²) in [7, 11) is 0. The van der Waals surface area contributed by atoms with Gasteiger partial charge in [0.1, 0.15) is 6.04 Å². The van der Waals surface area contributed by atoms with Crippen LogP contribution in [0.15, 0.2) is 0 Å². The summed E-state index contributed by atoms with van der Waals surface area (Å²) in [6, 6.07) is -0.358. The van der Waals surface area contributed by atoms with Crippen LogP contribution in [-0.2, 0) is 9.59 Å². The molecule has 5 heteroatoms. The molecule has 2 N–H and O–H groups in total. The van der Waals surface area contributed by atoms with Crippen molar-refractivity contribution in [3.63, 3.8) is 0 Å². The quantitative estimate of drug-likeness (QED) is 0.746. The van der Waals surface area contributed by atoms with E-state index in [0.717, 1.165) is 19.3 Å². The van der Waals surface area contributed by atoms with E-state index in [9.17, 15) is 9.59 Å². The van der Waals surface area contributed by atoms with Crippen LogP contribution in [-0.4, -0.2) is 47.1 Å². The first kappa shape index (κ1) is 15.0. The lowest BCUT2D eigenvalue weighted by Crippen LogP contribution is -2.46. The van der Waals surface area contributed by atoms with Gasteiger partial charge in [-0.25, -0.2) is 0 Å². The lowest BCUT2D eigenvalue weighted by atomic mass is 10.0. The van der Waals surface area contributed by atoms with Crippen LogP contribution in [0, 0.1) is 5.92 Å². The molecule has 5 nitrogen and oxygen atoms in total. The zero-order chi connectivity index (χ0) is 13.7. The second-order valence-electron chi connectivity index (χ2n) is 5.28. The number of amides is 1. The molecule has 18 heavy (non-hydrogen) atoms. The molecule has 104 valence electrons. The van der Waals surface area contributed by atoms with Gasteiger partial charge in [-0.15, -0.1) is 0 Å². The summed E-state index contributed by atoms with van der Waals surface area (Å²) in [6.07, 6.45) is 2.82. The number of rotatable bonds is 6. The van der Waals surface area contributed by atoms with Gasteiger partial charge < -0.3 is 10.4 Å². The van der Waals surface area contributed by atoms with Gasteiger partial charge in [0, 0.05) is 6.04 Å². The van der Waals surface area contributed by atoms with E-state index in [1.165, 1.54) is 0 Å². The maximum Gasteiger partial charge on any atom is 0.321 e. The number of carboxylic acids is 1. The Balaban J connectivity index is 2.46. The number of nitrogens with one attached hydrogen (secondary N) is 1. The normalized spacial score (nSPS) is 25.9. The predicted molar refractivity (Wildman–Crippen MR) is 69.3 cm³/mol. The summed E-state index contributed by atoms with van der Waals surface area (Å²) in [5, 5.41) is 12.1. The summed E-state index contributed by atoms with van der Waals surface area (Å²) in [6.45, 7) is 6.85. The first-order valence-corrected chi connectivity index (χ1v) is 6.72. The van der Waals surface area contributed by atoms with Gasteiger partial charge in [0.15, 0.2) is 0 Å². The third-order valence-corrected chi connectivity index (χ3v) is 3.53. The molecule has 1 aliphatic heterocycles. The van der Waals surface area contributed by atoms with Gasteiger partial charge in [-0.2, -0.15) is 0 Å². The Labute approximate surface area is 109 Å². The minimum atomic E-state index is -0.825. The highest BCUT2D eigenvalue weighted by atomic mass is 16.4. The summed E-state index contributed by atoms with van der Waals surface area (Å²) in [5.41, 5.74) is 0. The van der Waals surface area contributed by atoms with Crippen molar-refractivity contribution in [1.29, 1.82) is 0 Å². The number of hydrogen-bond acceptors (Lipinski definition) is 3. The van der Waals surface area contributed by atoms with Crippen molar-refractivity contribution in [3.8, 4) is 0 Å². The summed E-state index contributed by atoms with van der Waals surface area (Å²) < 4.78 is 0. The first-order valence-electron chi connectivity index (χ1n) is 6.72. The van der Waals surface area contributed by atoms with Crippen LogP contribution >= 0.6 is 0 Å². The number of carbonyl (C=O) groups is 2. The van der Waals surface area contributed by atoms with Crippen molar-refractivity contribution < 1.29 is 14.7 Å². The molecule has 3 atom stereocenters. The topological polar surface area (TPSA) is 69.6 Å². The molecule has 0 aliphatic carbocycles. The fraction of sp³-hybridized carbons (Fsp3) is 0.846. The van der Waals surface area contributed by atoms with Crippen molar-refractivity contribution in [3.05, 3.63) is 0 Å². The van der Waals surface area contributed by atoms with Crippen LogP contribution in [0.5, 0.6) is 0 Å². The monoisotopic (exact) mass is 256 g/mol. The molecule has 0 saturated carbocycles. The van der Waals surface area contributed by atoms with Crippen LogP contribution in [0.3, 0.4) is 0 Å². The maximum atomic E-state index is 11.8. The molecule has 0 spiro atoms. The van der Waals surface area contributed by atoms with E-state index in [0.29, 0.717) is 6.54 Å². The Hall–Kier alpha value is -1.10. The van der Waals surface area contributed by atoms with E-state index in [4.69, 9.17) is 5.11 Å². The van der Waals surface area contributed by atoms with Crippen LogP contribution < -0.4 is 5.32 Å². The Morgan fingerprint density at radius 1 is 1.50 bits per heavy atom. The molecular weight excluding hydrogens is 232 g/mol. The van der Waals surface area contributed by atoms with E-state index >= 15 is 0 Å². The first-order chi connectivity index (χ1) is 8.45. The van der Waals surface area contributed by atoms with Crippen molar-refractivity contribution in [1.82, 2.24) is 10.2 Å². The largest absolute Gasteiger partial charge is 0.480 e. The second kappa shape index (κ2) is 6.73. The molecular formula is C13H24N2O3. The molecule has 1 heterocycles. The fourth-order valence-electron chi connectivity index (χ4n) is 2.61. The Kier molecular flexibility index (Phi) is 5.59. The van der Waals surface area contributed by atoms with Crippen molar-refractivity contribution in [2.75, 3.05) is 13.1 Å². The molecule has 3 unspecified atom stereocenters. The molecule has 0 aromatic rings. The third-order valence-electron chi connectivity index (χ3n) is 3.53. The Bertz CT molecular complexity index is 307. The van der Waals surface area contributed by atoms with Gasteiger partial charge >= 0.3 is 5.97 Å². The van der Waals surface area contributed by atoms with Gasteiger partial charge in [0.05, 0.1) is 6.54 Å². The lowest BCUT2D eigenvalue weighted by molar-refractivity contribution is -0.143. The molecule has 0 radical (unpaired) electrons. The summed E-state index contributed by atoms with van der Waals surface area (Å²) in [5.74, 6) is -0.783. The van der Waals surface area contributed by atoms with E-state index < -0.39 is 12.0 Å². The molecule has 1 amide bonds. The van der Waals surface area contributed by atoms with E-state index in [2.05, 4.69) is 12.2 Å². The lowest BCUT2D eigenvalue weighted by Gasteiger charge is -2.23. The Morgan fingerprint density at radius 2 is 2.17 bits per heavy atom. The average Bonchev–Trinajstić information content (AvgIpc) is 2.59. The van der Waals surface area contributed by atoms with Crippen LogP contribution in [0.1, 0.15) is 40.0 Å². The molecule has 1 saturated heterocycles. The highest BCUT2D eigenvalue weighted by Gasteiger charge is 2.37. The average molecular weight is 256 g/mol. The Morgan fingerprint density at radius 3 is 2.72 bits per heavy atom. The molecule has 1 aliphatic rings. The number of hydrogen-bond donors (Lipinski definition) is 2. The summed E-state index contributed by atoms with van der Waals surface area (Å²) in [4.78, 5) is 24.7. The number of carboxylic acid groups (broad SMARTS) is 1. The zero-order valence-electron chi connectivity index (χ0n) is 11.5. The number of aliphatic carboxylic acids is 1. The maximum absolute atomic E-state index is 11.8. The number of likely N-dealkylation sites (tertiary alicyclic amines) is 1. The van der Waals surface area contributed by atoms with Gasteiger partial charge in [0.2, 0.25) is 5.91 Å².